The fourth-order valence-corrected chi connectivity index (χ4v) is 7.07. The molecule has 2 aromatic rings. The van der Waals surface area contributed by atoms with Gasteiger partial charge in [0.2, 0.25) is 15.9 Å². The molecule has 0 radical (unpaired) electrons. The van der Waals surface area contributed by atoms with Gasteiger partial charge < -0.3 is 10.1 Å². The predicted octanol–water partition coefficient (Wildman–Crippen LogP) is 3.77. The van der Waals surface area contributed by atoms with E-state index in [0.717, 1.165) is 25.0 Å². The maximum atomic E-state index is 15.3. The zero-order valence-corrected chi connectivity index (χ0v) is 19.8. The lowest BCUT2D eigenvalue weighted by molar-refractivity contribution is -0.135. The van der Waals surface area contributed by atoms with Crippen LogP contribution in [-0.2, 0) is 31.6 Å². The lowest BCUT2D eigenvalue weighted by Crippen LogP contribution is -2.60. The maximum Gasteiger partial charge on any atom is 0.223 e. The van der Waals surface area contributed by atoms with Crippen LogP contribution >= 0.6 is 0 Å². The van der Waals surface area contributed by atoms with E-state index in [9.17, 15) is 13.2 Å². The molecule has 34 heavy (non-hydrogen) atoms. The summed E-state index contributed by atoms with van der Waals surface area (Å²) in [5, 5.41) is 2.13. The number of rotatable bonds is 6. The van der Waals surface area contributed by atoms with E-state index < -0.39 is 32.4 Å². The third-order valence-corrected chi connectivity index (χ3v) is 9.55. The van der Waals surface area contributed by atoms with Crippen LogP contribution in [0, 0.1) is 17.6 Å². The van der Waals surface area contributed by atoms with Crippen molar-refractivity contribution < 1.29 is 26.7 Å². The molecular weight excluding hydrogens is 462 g/mol. The molecule has 6 nitrogen and oxygen atoms in total. The van der Waals surface area contributed by atoms with Gasteiger partial charge in [-0.3, -0.25) is 4.79 Å². The Morgan fingerprint density at radius 1 is 1.09 bits per heavy atom. The van der Waals surface area contributed by atoms with Crippen LogP contribution in [0.1, 0.15) is 54.5 Å². The van der Waals surface area contributed by atoms with Crippen molar-refractivity contribution in [1.29, 1.82) is 0 Å². The predicted molar refractivity (Wildman–Crippen MR) is 122 cm³/mol. The molecule has 1 N–H and O–H groups in total. The molecule has 1 saturated carbocycles. The van der Waals surface area contributed by atoms with Crippen LogP contribution in [0.2, 0.25) is 0 Å². The second kappa shape index (κ2) is 8.70. The number of ether oxygens (including phenoxy) is 1. The van der Waals surface area contributed by atoms with E-state index >= 15 is 8.78 Å². The summed E-state index contributed by atoms with van der Waals surface area (Å²) >= 11 is 0. The fraction of sp³-hybridized carbons (Fsp3) is 0.480. The summed E-state index contributed by atoms with van der Waals surface area (Å²) in [4.78, 5) is 12.3. The monoisotopic (exact) mass is 490 g/mol. The molecule has 0 aromatic heterocycles. The van der Waals surface area contributed by atoms with Crippen molar-refractivity contribution in [3.63, 3.8) is 0 Å². The Morgan fingerprint density at radius 3 is 2.41 bits per heavy atom. The van der Waals surface area contributed by atoms with Crippen molar-refractivity contribution in [2.45, 2.75) is 56.0 Å². The molecule has 0 bridgehead atoms. The van der Waals surface area contributed by atoms with E-state index in [4.69, 9.17) is 4.74 Å². The third-order valence-electron chi connectivity index (χ3n) is 7.18. The summed E-state index contributed by atoms with van der Waals surface area (Å²) in [6, 6.07) is 10.8. The highest BCUT2D eigenvalue weighted by Crippen LogP contribution is 2.39. The third kappa shape index (κ3) is 4.14. The molecule has 2 saturated heterocycles. The average molecular weight is 491 g/mol. The summed E-state index contributed by atoms with van der Waals surface area (Å²) in [5.74, 6) is -1.63. The molecule has 2 aromatic carbocycles. The van der Waals surface area contributed by atoms with E-state index in [1.54, 1.807) is 31.2 Å². The molecule has 2 aliphatic heterocycles. The Morgan fingerprint density at radius 2 is 1.79 bits per heavy atom. The molecule has 1 amide bonds. The number of carbonyl (C=O) groups excluding carboxylic acids is 1. The van der Waals surface area contributed by atoms with Gasteiger partial charge >= 0.3 is 0 Å². The van der Waals surface area contributed by atoms with Gasteiger partial charge in [-0.05, 0) is 50.3 Å². The van der Waals surface area contributed by atoms with Gasteiger partial charge in [0.1, 0.15) is 22.4 Å². The molecule has 3 fully saturated rings. The quantitative estimate of drug-likeness (QED) is 0.669. The Hall–Kier alpha value is -2.36. The van der Waals surface area contributed by atoms with Gasteiger partial charge in [-0.25, -0.2) is 17.2 Å². The first-order valence-electron chi connectivity index (χ1n) is 11.6. The molecule has 0 spiro atoms. The highest BCUT2D eigenvalue weighted by Gasteiger charge is 2.47. The number of nitrogens with one attached hydrogen (secondary N) is 1. The van der Waals surface area contributed by atoms with Crippen molar-refractivity contribution >= 4 is 15.9 Å². The molecular formula is C25H28F2N2O4S. The van der Waals surface area contributed by atoms with Crippen LogP contribution in [0.5, 0.6) is 0 Å². The minimum atomic E-state index is -3.78. The summed E-state index contributed by atoms with van der Waals surface area (Å²) in [7, 11) is -3.78. The Labute approximate surface area is 198 Å². The minimum absolute atomic E-state index is 0.0331. The number of hydrogen-bond acceptors (Lipinski definition) is 4. The Balaban J connectivity index is 1.42. The highest BCUT2D eigenvalue weighted by atomic mass is 32.2. The van der Waals surface area contributed by atoms with Gasteiger partial charge in [-0.15, -0.1) is 0 Å². The van der Waals surface area contributed by atoms with Crippen LogP contribution in [0.4, 0.5) is 8.78 Å². The molecule has 2 heterocycles. The van der Waals surface area contributed by atoms with E-state index in [0.29, 0.717) is 18.4 Å². The smallest absolute Gasteiger partial charge is 0.223 e. The lowest BCUT2D eigenvalue weighted by atomic mass is 9.86. The van der Waals surface area contributed by atoms with Crippen molar-refractivity contribution in [1.82, 2.24) is 9.62 Å². The summed E-state index contributed by atoms with van der Waals surface area (Å²) in [6.07, 6.45) is 2.69. The number of nitrogens with zero attached hydrogens (tertiary/aromatic N) is 1. The average Bonchev–Trinajstić information content (AvgIpc) is 3.62. The minimum Gasteiger partial charge on any atom is -0.376 e. The zero-order chi connectivity index (χ0) is 24.1. The van der Waals surface area contributed by atoms with Gasteiger partial charge in [0.05, 0.1) is 13.2 Å². The first-order chi connectivity index (χ1) is 16.2. The summed E-state index contributed by atoms with van der Waals surface area (Å²) in [6.45, 7) is 1.66. The molecule has 182 valence electrons. The summed E-state index contributed by atoms with van der Waals surface area (Å²) < 4.78 is 63.9. The first-order valence-corrected chi connectivity index (χ1v) is 13.2. The Kier molecular flexibility index (Phi) is 5.98. The van der Waals surface area contributed by atoms with Crippen molar-refractivity contribution in [2.24, 2.45) is 5.92 Å². The lowest BCUT2D eigenvalue weighted by Gasteiger charge is -2.43. The van der Waals surface area contributed by atoms with E-state index in [1.165, 1.54) is 4.31 Å². The Bertz CT molecular complexity index is 1200. The molecule has 0 unspecified atom stereocenters. The molecule has 1 aliphatic carbocycles. The standard InChI is InChI=1S/C25H28F2N2O4S/c1-16-7-10-23(17-5-3-2-4-6-17)34(31,32)29(16)13-19-11-22(27)20(12-21(19)26)25(14-33-15-25)28-24(30)18-8-9-18/h2-6,11-12,16,18,23H,7-10,13-15H2,1H3,(H,28,30)/t16-,23+/m1/s1. The number of carbonyl (C=O) groups is 1. The molecule has 5 rings (SSSR count). The van der Waals surface area contributed by atoms with Crippen LogP contribution < -0.4 is 5.32 Å². The van der Waals surface area contributed by atoms with Crippen LogP contribution in [0.3, 0.4) is 0 Å². The number of amides is 1. The van der Waals surface area contributed by atoms with Crippen LogP contribution in [0.25, 0.3) is 0 Å². The molecule has 3 aliphatic rings. The van der Waals surface area contributed by atoms with Gasteiger partial charge in [0.15, 0.2) is 0 Å². The second-order valence-corrected chi connectivity index (χ2v) is 11.7. The molecule has 9 heteroatoms. The molecule has 2 atom stereocenters. The highest BCUT2D eigenvalue weighted by molar-refractivity contribution is 7.89. The van der Waals surface area contributed by atoms with Crippen molar-refractivity contribution in [2.75, 3.05) is 13.2 Å². The second-order valence-electron chi connectivity index (χ2n) is 9.68. The van der Waals surface area contributed by atoms with E-state index in [2.05, 4.69) is 5.32 Å². The first kappa shape index (κ1) is 23.4. The number of halogens is 2. The SMILES string of the molecule is C[C@@H]1CC[C@@H](c2ccccc2)S(=O)(=O)N1Cc1cc(F)c(C2(NC(=O)C3CC3)COC2)cc1F. The zero-order valence-electron chi connectivity index (χ0n) is 19.0. The largest absolute Gasteiger partial charge is 0.376 e. The van der Waals surface area contributed by atoms with Crippen molar-refractivity contribution in [3.05, 3.63) is 70.8 Å². The van der Waals surface area contributed by atoms with Gasteiger partial charge in [-0.2, -0.15) is 4.31 Å². The fourth-order valence-electron chi connectivity index (χ4n) is 4.88. The van der Waals surface area contributed by atoms with Gasteiger partial charge in [0.25, 0.3) is 0 Å². The number of benzene rings is 2. The topological polar surface area (TPSA) is 75.7 Å². The summed E-state index contributed by atoms with van der Waals surface area (Å²) in [5.41, 5.74) is -0.397. The van der Waals surface area contributed by atoms with Gasteiger partial charge in [0, 0.05) is 29.6 Å². The normalized spacial score (nSPS) is 26.0. The van der Waals surface area contributed by atoms with Crippen molar-refractivity contribution in [3.8, 4) is 0 Å². The maximum absolute atomic E-state index is 15.3. The number of sulfonamides is 1. The van der Waals surface area contributed by atoms with Gasteiger partial charge in [-0.1, -0.05) is 30.3 Å². The van der Waals surface area contributed by atoms with Crippen LogP contribution in [-0.4, -0.2) is 37.9 Å². The van der Waals surface area contributed by atoms with E-state index in [-0.39, 0.29) is 48.8 Å². The number of hydrogen-bond donors (Lipinski definition) is 1. The van der Waals surface area contributed by atoms with Crippen LogP contribution in [0.15, 0.2) is 42.5 Å². The van der Waals surface area contributed by atoms with E-state index in [1.807, 2.05) is 6.07 Å².